The van der Waals surface area contributed by atoms with E-state index in [4.69, 9.17) is 4.74 Å². The van der Waals surface area contributed by atoms with E-state index < -0.39 is 5.60 Å². The fourth-order valence-electron chi connectivity index (χ4n) is 7.96. The summed E-state index contributed by atoms with van der Waals surface area (Å²) in [6.07, 6.45) is 6.00. The van der Waals surface area contributed by atoms with E-state index in [9.17, 15) is 9.90 Å². The number of ether oxygens (including phenoxy) is 1. The van der Waals surface area contributed by atoms with Gasteiger partial charge in [0.1, 0.15) is 5.75 Å². The van der Waals surface area contributed by atoms with Gasteiger partial charge >= 0.3 is 6.03 Å². The van der Waals surface area contributed by atoms with Gasteiger partial charge in [-0.1, -0.05) is 0 Å². The summed E-state index contributed by atoms with van der Waals surface area (Å²) in [6.45, 7) is 6.40. The minimum Gasteiger partial charge on any atom is -0.494 e. The number of fused-ring (bicyclic) bond motifs is 1. The quantitative estimate of drug-likeness (QED) is 0.777. The average Bonchev–Trinajstić information content (AvgIpc) is 3.26. The van der Waals surface area contributed by atoms with Crippen molar-refractivity contribution in [1.82, 2.24) is 10.2 Å². The van der Waals surface area contributed by atoms with E-state index >= 15 is 0 Å². The molecule has 6 nitrogen and oxygen atoms in total. The number of rotatable bonds is 4. The molecule has 6 aliphatic rings. The van der Waals surface area contributed by atoms with Crippen molar-refractivity contribution >= 4 is 11.7 Å². The average molecular weight is 426 g/mol. The van der Waals surface area contributed by atoms with Crippen molar-refractivity contribution in [3.05, 3.63) is 24.3 Å². The van der Waals surface area contributed by atoms with Crippen LogP contribution in [0.2, 0.25) is 0 Å². The van der Waals surface area contributed by atoms with E-state index in [1.165, 1.54) is 12.1 Å². The van der Waals surface area contributed by atoms with Crippen LogP contribution in [0.3, 0.4) is 0 Å². The minimum atomic E-state index is -0.531. The molecular formula is C25H35N3O3. The summed E-state index contributed by atoms with van der Waals surface area (Å²) >= 11 is 0. The second kappa shape index (κ2) is 7.03. The van der Waals surface area contributed by atoms with Gasteiger partial charge in [0.25, 0.3) is 0 Å². The van der Waals surface area contributed by atoms with Crippen LogP contribution in [0, 0.1) is 23.7 Å². The van der Waals surface area contributed by atoms with Crippen molar-refractivity contribution in [2.24, 2.45) is 23.7 Å². The van der Waals surface area contributed by atoms with Crippen LogP contribution in [0.1, 0.15) is 45.4 Å². The lowest BCUT2D eigenvalue weighted by atomic mass is 9.51. The Bertz CT molecular complexity index is 828. The Labute approximate surface area is 184 Å². The van der Waals surface area contributed by atoms with Gasteiger partial charge in [0.05, 0.1) is 12.2 Å². The predicted octanol–water partition coefficient (Wildman–Crippen LogP) is 3.25. The van der Waals surface area contributed by atoms with Crippen molar-refractivity contribution in [3.63, 3.8) is 0 Å². The summed E-state index contributed by atoms with van der Waals surface area (Å²) in [5.41, 5.74) is 0.551. The molecule has 0 spiro atoms. The lowest BCUT2D eigenvalue weighted by molar-refractivity contribution is -0.139. The number of carbonyl (C=O) groups is 1. The zero-order valence-electron chi connectivity index (χ0n) is 18.6. The number of amides is 2. The van der Waals surface area contributed by atoms with Crippen molar-refractivity contribution in [2.75, 3.05) is 37.7 Å². The van der Waals surface area contributed by atoms with Crippen LogP contribution < -0.4 is 15.0 Å². The summed E-state index contributed by atoms with van der Waals surface area (Å²) in [7, 11) is 0. The number of hydrogen-bond acceptors (Lipinski definition) is 4. The molecule has 4 aliphatic carbocycles. The summed E-state index contributed by atoms with van der Waals surface area (Å²) in [6, 6.07) is 8.49. The number of nitrogens with zero attached hydrogens (tertiary/aromatic N) is 2. The topological polar surface area (TPSA) is 65.0 Å². The maximum Gasteiger partial charge on any atom is 0.317 e. The van der Waals surface area contributed by atoms with E-state index in [1.54, 1.807) is 0 Å². The highest BCUT2D eigenvalue weighted by molar-refractivity contribution is 5.75. The van der Waals surface area contributed by atoms with Gasteiger partial charge in [0.15, 0.2) is 0 Å². The molecule has 2 saturated heterocycles. The first kappa shape index (κ1) is 19.7. The number of hydrogen-bond donors (Lipinski definition) is 2. The maximum atomic E-state index is 13.2. The highest BCUT2D eigenvalue weighted by atomic mass is 16.5. The van der Waals surface area contributed by atoms with Crippen LogP contribution in [0.4, 0.5) is 10.5 Å². The lowest BCUT2D eigenvalue weighted by Gasteiger charge is -2.60. The van der Waals surface area contributed by atoms with Crippen LogP contribution in [-0.2, 0) is 0 Å². The predicted molar refractivity (Wildman–Crippen MR) is 119 cm³/mol. The fourth-order valence-corrected chi connectivity index (χ4v) is 7.96. The molecule has 1 aromatic carbocycles. The number of urea groups is 1. The van der Waals surface area contributed by atoms with E-state index in [0.717, 1.165) is 64.0 Å². The molecule has 0 aromatic heterocycles. The molecule has 6 heteroatoms. The lowest BCUT2D eigenvalue weighted by Crippen LogP contribution is -2.66. The van der Waals surface area contributed by atoms with Crippen LogP contribution in [0.25, 0.3) is 0 Å². The normalized spacial score (nSPS) is 40.3. The number of likely N-dealkylation sites (tertiary alicyclic amines) is 1. The SMILES string of the molecule is CCOc1ccc(N2CC3CN(C(=O)NC45C[C@@H]6C[C@@H](CC(O)(C6)C4)C5)CC3C2)cc1. The van der Waals surface area contributed by atoms with Gasteiger partial charge in [-0.2, -0.15) is 0 Å². The molecule has 168 valence electrons. The first-order valence-corrected chi connectivity index (χ1v) is 12.2. The Morgan fingerprint density at radius 2 is 1.71 bits per heavy atom. The van der Waals surface area contributed by atoms with Crippen molar-refractivity contribution in [3.8, 4) is 5.75 Å². The monoisotopic (exact) mass is 425 g/mol. The molecule has 31 heavy (non-hydrogen) atoms. The molecule has 7 rings (SSSR count). The van der Waals surface area contributed by atoms with Crippen LogP contribution >= 0.6 is 0 Å². The molecule has 4 saturated carbocycles. The van der Waals surface area contributed by atoms with Gasteiger partial charge in [-0.15, -0.1) is 0 Å². The Kier molecular flexibility index (Phi) is 4.47. The molecule has 2 amide bonds. The van der Waals surface area contributed by atoms with Crippen molar-refractivity contribution < 1.29 is 14.6 Å². The maximum absolute atomic E-state index is 13.2. The molecule has 2 aliphatic heterocycles. The van der Waals surface area contributed by atoms with Gasteiger partial charge in [-0.3, -0.25) is 0 Å². The summed E-state index contributed by atoms with van der Waals surface area (Å²) in [4.78, 5) is 17.7. The minimum absolute atomic E-state index is 0.104. The first-order valence-electron chi connectivity index (χ1n) is 12.2. The highest BCUT2D eigenvalue weighted by Gasteiger charge is 2.58. The third kappa shape index (κ3) is 3.47. The van der Waals surface area contributed by atoms with Crippen LogP contribution in [0.15, 0.2) is 24.3 Å². The molecular weight excluding hydrogens is 390 g/mol. The first-order chi connectivity index (χ1) is 14.9. The van der Waals surface area contributed by atoms with E-state index in [2.05, 4.69) is 22.3 Å². The summed E-state index contributed by atoms with van der Waals surface area (Å²) in [5, 5.41) is 14.4. The Morgan fingerprint density at radius 1 is 1.06 bits per heavy atom. The molecule has 6 atom stereocenters. The van der Waals surface area contributed by atoms with E-state index in [1.807, 2.05) is 24.0 Å². The number of benzene rings is 1. The number of anilines is 1. The van der Waals surface area contributed by atoms with Gasteiger partial charge in [-0.25, -0.2) is 4.79 Å². The van der Waals surface area contributed by atoms with Gasteiger partial charge in [-0.05, 0) is 81.5 Å². The van der Waals surface area contributed by atoms with E-state index in [-0.39, 0.29) is 11.6 Å². The van der Waals surface area contributed by atoms with Gasteiger partial charge < -0.3 is 25.0 Å². The molecule has 0 radical (unpaired) electrons. The fraction of sp³-hybridized carbons (Fsp3) is 0.720. The Hall–Kier alpha value is -1.95. The molecule has 2 heterocycles. The third-order valence-corrected chi connectivity index (χ3v) is 8.69. The largest absolute Gasteiger partial charge is 0.494 e. The van der Waals surface area contributed by atoms with Crippen LogP contribution in [-0.4, -0.2) is 60.0 Å². The number of nitrogens with one attached hydrogen (secondary N) is 1. The second-order valence-corrected chi connectivity index (χ2v) is 11.2. The van der Waals surface area contributed by atoms with Gasteiger partial charge in [0, 0.05) is 49.2 Å². The molecule has 4 unspecified atom stereocenters. The highest BCUT2D eigenvalue weighted by Crippen LogP contribution is 2.57. The number of carbonyl (C=O) groups excluding carboxylic acids is 1. The zero-order valence-corrected chi connectivity index (χ0v) is 18.6. The summed E-state index contributed by atoms with van der Waals surface area (Å²) in [5.74, 6) is 3.18. The zero-order chi connectivity index (χ0) is 21.2. The van der Waals surface area contributed by atoms with Crippen LogP contribution in [0.5, 0.6) is 5.75 Å². The third-order valence-electron chi connectivity index (χ3n) is 8.69. The summed E-state index contributed by atoms with van der Waals surface area (Å²) < 4.78 is 5.56. The Balaban J connectivity index is 1.07. The molecule has 1 aromatic rings. The second-order valence-electron chi connectivity index (χ2n) is 11.2. The standard InChI is InChI=1S/C25H35N3O3/c1-2-31-22-5-3-21(4-6-22)27-12-19-14-28(15-20(19)13-27)23(29)26-24-8-17-7-18(9-24)11-25(30,10-17)16-24/h3-6,17-20,30H,2,7-16H2,1H3,(H,26,29)/t17-,18+,19?,20?,24?,25?. The smallest absolute Gasteiger partial charge is 0.317 e. The van der Waals surface area contributed by atoms with Crippen molar-refractivity contribution in [2.45, 2.75) is 56.6 Å². The number of aliphatic hydroxyl groups is 1. The van der Waals surface area contributed by atoms with E-state index in [0.29, 0.717) is 30.3 Å². The Morgan fingerprint density at radius 3 is 2.29 bits per heavy atom. The molecule has 4 bridgehead atoms. The molecule has 2 N–H and O–H groups in total. The van der Waals surface area contributed by atoms with Crippen molar-refractivity contribution in [1.29, 1.82) is 0 Å². The molecule has 6 fully saturated rings. The van der Waals surface area contributed by atoms with Gasteiger partial charge in [0.2, 0.25) is 0 Å².